The van der Waals surface area contributed by atoms with Crippen LogP contribution in [0.5, 0.6) is 0 Å². The molecule has 0 radical (unpaired) electrons. The molecule has 1 N–H and O–H groups in total. The first-order chi connectivity index (χ1) is 8.08. The molecule has 1 atom stereocenters. The second-order valence-corrected chi connectivity index (χ2v) is 4.36. The zero-order valence-corrected chi connectivity index (χ0v) is 10.8. The quantitative estimate of drug-likeness (QED) is 0.909. The highest BCUT2D eigenvalue weighted by Crippen LogP contribution is 2.14. The molecule has 0 aliphatic rings. The summed E-state index contributed by atoms with van der Waals surface area (Å²) in [5.41, 5.74) is 0. The van der Waals surface area contributed by atoms with Gasteiger partial charge in [0.25, 0.3) is 0 Å². The summed E-state index contributed by atoms with van der Waals surface area (Å²) in [6, 6.07) is 0.0409. The van der Waals surface area contributed by atoms with Gasteiger partial charge < -0.3 is 8.98 Å². The molecule has 0 aromatic carbocycles. The number of hydrogen-bond donors (Lipinski definition) is 1. The molecule has 2 aromatic heterocycles. The van der Waals surface area contributed by atoms with E-state index in [-0.39, 0.29) is 6.04 Å². The highest BCUT2D eigenvalue weighted by Gasteiger charge is 2.12. The van der Waals surface area contributed by atoms with Gasteiger partial charge in [0.2, 0.25) is 5.89 Å². The molecule has 92 valence electrons. The highest BCUT2D eigenvalue weighted by molar-refractivity contribution is 6.29. The monoisotopic (exact) mass is 254 g/mol. The van der Waals surface area contributed by atoms with Gasteiger partial charge in [0.1, 0.15) is 16.7 Å². The maximum Gasteiger partial charge on any atom is 0.211 e. The lowest BCUT2D eigenvalue weighted by atomic mass is 10.3. The zero-order chi connectivity index (χ0) is 12.4. The van der Waals surface area contributed by atoms with Crippen molar-refractivity contribution in [2.75, 3.05) is 0 Å². The second kappa shape index (κ2) is 4.89. The molecule has 0 saturated carbocycles. The third-order valence-corrected chi connectivity index (χ3v) is 2.95. The van der Waals surface area contributed by atoms with Crippen molar-refractivity contribution in [1.29, 1.82) is 0 Å². The van der Waals surface area contributed by atoms with Crippen LogP contribution in [0.25, 0.3) is 0 Å². The van der Waals surface area contributed by atoms with E-state index in [1.54, 1.807) is 12.4 Å². The minimum atomic E-state index is 0.0409. The van der Waals surface area contributed by atoms with Crippen molar-refractivity contribution in [3.63, 3.8) is 0 Å². The average Bonchev–Trinajstić information content (AvgIpc) is 2.86. The van der Waals surface area contributed by atoms with Gasteiger partial charge in [0.05, 0.1) is 25.0 Å². The standard InChI is InChI=1S/C11H15ClN4O/c1-7-4-15-11(17-7)8(2)13-6-10-14-5-9(12)16(10)3/h4-5,8,13H,6H2,1-3H3. The maximum atomic E-state index is 5.91. The van der Waals surface area contributed by atoms with E-state index >= 15 is 0 Å². The fourth-order valence-electron chi connectivity index (χ4n) is 1.49. The van der Waals surface area contributed by atoms with Crippen LogP contribution in [0.4, 0.5) is 0 Å². The number of oxazole rings is 1. The van der Waals surface area contributed by atoms with Crippen LogP contribution in [0.15, 0.2) is 16.8 Å². The highest BCUT2D eigenvalue weighted by atomic mass is 35.5. The van der Waals surface area contributed by atoms with Gasteiger partial charge in [-0.3, -0.25) is 5.32 Å². The molecule has 0 amide bonds. The van der Waals surface area contributed by atoms with Gasteiger partial charge in [0.15, 0.2) is 0 Å². The SMILES string of the molecule is Cc1cnc(C(C)NCc2ncc(Cl)n2C)o1. The van der Waals surface area contributed by atoms with E-state index in [1.165, 1.54) is 0 Å². The summed E-state index contributed by atoms with van der Waals surface area (Å²) >= 11 is 5.91. The molecule has 2 aromatic rings. The fraction of sp³-hybridized carbons (Fsp3) is 0.455. The number of aryl methyl sites for hydroxylation is 1. The molecule has 1 unspecified atom stereocenters. The van der Waals surface area contributed by atoms with Crippen LogP contribution in [0.3, 0.4) is 0 Å². The van der Waals surface area contributed by atoms with Crippen molar-refractivity contribution in [2.45, 2.75) is 26.4 Å². The van der Waals surface area contributed by atoms with E-state index in [1.807, 2.05) is 25.5 Å². The molecule has 2 heterocycles. The van der Waals surface area contributed by atoms with E-state index in [4.69, 9.17) is 16.0 Å². The number of rotatable bonds is 4. The van der Waals surface area contributed by atoms with E-state index in [0.717, 1.165) is 11.6 Å². The summed E-state index contributed by atoms with van der Waals surface area (Å²) in [5, 5.41) is 3.91. The number of nitrogens with one attached hydrogen (secondary N) is 1. The number of aromatic nitrogens is 3. The van der Waals surface area contributed by atoms with Gasteiger partial charge in [-0.15, -0.1) is 0 Å². The van der Waals surface area contributed by atoms with Gasteiger partial charge >= 0.3 is 0 Å². The minimum absolute atomic E-state index is 0.0409. The van der Waals surface area contributed by atoms with Crippen molar-refractivity contribution < 1.29 is 4.42 Å². The lowest BCUT2D eigenvalue weighted by Gasteiger charge is -2.10. The molecule has 0 saturated heterocycles. The summed E-state index contributed by atoms with van der Waals surface area (Å²) in [4.78, 5) is 8.38. The largest absolute Gasteiger partial charge is 0.444 e. The summed E-state index contributed by atoms with van der Waals surface area (Å²) in [7, 11) is 1.88. The van der Waals surface area contributed by atoms with Crippen LogP contribution in [-0.2, 0) is 13.6 Å². The van der Waals surface area contributed by atoms with Crippen molar-refractivity contribution in [2.24, 2.45) is 7.05 Å². The first-order valence-corrected chi connectivity index (χ1v) is 5.77. The van der Waals surface area contributed by atoms with E-state index in [2.05, 4.69) is 15.3 Å². The van der Waals surface area contributed by atoms with Crippen LogP contribution in [0.1, 0.15) is 30.4 Å². The Balaban J connectivity index is 1.96. The summed E-state index contributed by atoms with van der Waals surface area (Å²) in [5.74, 6) is 2.38. The van der Waals surface area contributed by atoms with Crippen molar-refractivity contribution in [1.82, 2.24) is 19.9 Å². The molecule has 0 aliphatic carbocycles. The van der Waals surface area contributed by atoms with Gasteiger partial charge in [-0.1, -0.05) is 11.6 Å². The molecule has 5 nitrogen and oxygen atoms in total. The topological polar surface area (TPSA) is 55.9 Å². The van der Waals surface area contributed by atoms with Crippen molar-refractivity contribution in [3.8, 4) is 0 Å². The van der Waals surface area contributed by atoms with Crippen LogP contribution in [0, 0.1) is 6.92 Å². The van der Waals surface area contributed by atoms with E-state index in [0.29, 0.717) is 17.6 Å². The molecule has 0 bridgehead atoms. The van der Waals surface area contributed by atoms with Crippen molar-refractivity contribution in [3.05, 3.63) is 35.0 Å². The van der Waals surface area contributed by atoms with Crippen molar-refractivity contribution >= 4 is 11.6 Å². The molecule has 0 aliphatic heterocycles. The predicted molar refractivity (Wildman–Crippen MR) is 64.7 cm³/mol. The zero-order valence-electron chi connectivity index (χ0n) is 10.1. The second-order valence-electron chi connectivity index (χ2n) is 3.97. The Morgan fingerprint density at radius 1 is 1.47 bits per heavy atom. The van der Waals surface area contributed by atoms with Gasteiger partial charge in [0, 0.05) is 7.05 Å². The number of imidazole rings is 1. The molecule has 17 heavy (non-hydrogen) atoms. The van der Waals surface area contributed by atoms with Crippen LogP contribution >= 0.6 is 11.6 Å². The third kappa shape index (κ3) is 2.68. The Kier molecular flexibility index (Phi) is 3.49. The van der Waals surface area contributed by atoms with Crippen LogP contribution in [0.2, 0.25) is 5.15 Å². The third-order valence-electron chi connectivity index (χ3n) is 2.60. The first-order valence-electron chi connectivity index (χ1n) is 5.39. The minimum Gasteiger partial charge on any atom is -0.444 e. The average molecular weight is 255 g/mol. The summed E-state index contributed by atoms with van der Waals surface area (Å²) in [6.45, 7) is 4.49. The van der Waals surface area contributed by atoms with Crippen LogP contribution < -0.4 is 5.32 Å². The Morgan fingerprint density at radius 3 is 2.76 bits per heavy atom. The maximum absolute atomic E-state index is 5.91. The molecule has 0 fully saturated rings. The number of hydrogen-bond acceptors (Lipinski definition) is 4. The number of halogens is 1. The van der Waals surface area contributed by atoms with Gasteiger partial charge in [-0.25, -0.2) is 9.97 Å². The summed E-state index contributed by atoms with van der Waals surface area (Å²) < 4.78 is 7.28. The molecule has 2 rings (SSSR count). The molecular weight excluding hydrogens is 240 g/mol. The first kappa shape index (κ1) is 12.1. The molecule has 0 spiro atoms. The van der Waals surface area contributed by atoms with E-state index < -0.39 is 0 Å². The lowest BCUT2D eigenvalue weighted by Crippen LogP contribution is -2.20. The number of nitrogens with zero attached hydrogens (tertiary/aromatic N) is 3. The smallest absolute Gasteiger partial charge is 0.211 e. The summed E-state index contributed by atoms with van der Waals surface area (Å²) in [6.07, 6.45) is 3.35. The van der Waals surface area contributed by atoms with Crippen LogP contribution in [-0.4, -0.2) is 14.5 Å². The lowest BCUT2D eigenvalue weighted by molar-refractivity contribution is 0.398. The molecular formula is C11H15ClN4O. The van der Waals surface area contributed by atoms with Gasteiger partial charge in [-0.2, -0.15) is 0 Å². The van der Waals surface area contributed by atoms with Gasteiger partial charge in [-0.05, 0) is 13.8 Å². The Hall–Kier alpha value is -1.33. The molecule has 6 heteroatoms. The van der Waals surface area contributed by atoms with E-state index in [9.17, 15) is 0 Å². The fourth-order valence-corrected chi connectivity index (χ4v) is 1.64. The predicted octanol–water partition coefficient (Wildman–Crippen LogP) is 2.22. The normalized spacial score (nSPS) is 12.9. The Labute approximate surface area is 105 Å². The Morgan fingerprint density at radius 2 is 2.24 bits per heavy atom. The Bertz CT molecular complexity index is 505.